The van der Waals surface area contributed by atoms with E-state index >= 15 is 0 Å². The molecule has 148 valence electrons. The van der Waals surface area contributed by atoms with Gasteiger partial charge in [0.15, 0.2) is 15.8 Å². The average Bonchev–Trinajstić information content (AvgIpc) is 2.64. The summed E-state index contributed by atoms with van der Waals surface area (Å²) in [5.74, 6) is 0.223. The number of guanidine groups is 1. The largest absolute Gasteiger partial charge is 0.497 e. The molecule has 6 nitrogen and oxygen atoms in total. The number of benzene rings is 2. The highest BCUT2D eigenvalue weighted by atomic mass is 127. The number of aliphatic imine (C=N–C) groups is 1. The van der Waals surface area contributed by atoms with Crippen LogP contribution >= 0.6 is 24.0 Å². The number of rotatable bonds is 7. The fourth-order valence-electron chi connectivity index (χ4n) is 2.30. The molecular formula is C18H23FIN3O3S. The van der Waals surface area contributed by atoms with E-state index in [1.165, 1.54) is 18.2 Å². The van der Waals surface area contributed by atoms with Crippen LogP contribution in [-0.4, -0.2) is 40.8 Å². The van der Waals surface area contributed by atoms with E-state index in [0.717, 1.165) is 17.4 Å². The molecule has 0 spiro atoms. The molecule has 0 fully saturated rings. The molecule has 0 aliphatic heterocycles. The molecule has 0 aliphatic rings. The van der Waals surface area contributed by atoms with Crippen molar-refractivity contribution in [2.45, 2.75) is 11.4 Å². The number of methoxy groups -OCH3 is 1. The van der Waals surface area contributed by atoms with E-state index in [1.54, 1.807) is 14.2 Å². The Labute approximate surface area is 176 Å². The van der Waals surface area contributed by atoms with Gasteiger partial charge in [-0.25, -0.2) is 12.8 Å². The minimum absolute atomic E-state index is 0. The Morgan fingerprint density at radius 3 is 2.56 bits per heavy atom. The average molecular weight is 507 g/mol. The monoisotopic (exact) mass is 507 g/mol. The van der Waals surface area contributed by atoms with Crippen LogP contribution in [0, 0.1) is 5.82 Å². The van der Waals surface area contributed by atoms with Crippen LogP contribution in [0.2, 0.25) is 0 Å². The van der Waals surface area contributed by atoms with Crippen LogP contribution in [-0.2, 0) is 16.4 Å². The van der Waals surface area contributed by atoms with Crippen molar-refractivity contribution in [1.82, 2.24) is 10.6 Å². The van der Waals surface area contributed by atoms with E-state index in [-0.39, 0.29) is 41.2 Å². The van der Waals surface area contributed by atoms with Crippen molar-refractivity contribution in [3.05, 3.63) is 59.9 Å². The molecule has 0 aliphatic carbocycles. The van der Waals surface area contributed by atoms with Gasteiger partial charge in [0.25, 0.3) is 0 Å². The predicted molar refractivity (Wildman–Crippen MR) is 115 cm³/mol. The molecule has 0 aromatic heterocycles. The van der Waals surface area contributed by atoms with Crippen molar-refractivity contribution in [2.24, 2.45) is 4.99 Å². The molecule has 0 atom stereocenters. The summed E-state index contributed by atoms with van der Waals surface area (Å²) in [4.78, 5) is 3.76. The first kappa shape index (κ1) is 23.2. The number of nitrogens with one attached hydrogen (secondary N) is 2. The van der Waals surface area contributed by atoms with Crippen molar-refractivity contribution in [2.75, 3.05) is 26.5 Å². The zero-order chi connectivity index (χ0) is 19.0. The highest BCUT2D eigenvalue weighted by Crippen LogP contribution is 2.15. The van der Waals surface area contributed by atoms with Crippen molar-refractivity contribution < 1.29 is 17.5 Å². The minimum atomic E-state index is -3.71. The quantitative estimate of drug-likeness (QED) is 0.342. The van der Waals surface area contributed by atoms with Gasteiger partial charge in [-0.1, -0.05) is 24.3 Å². The fourth-order valence-corrected chi connectivity index (χ4v) is 3.54. The number of sulfone groups is 1. The van der Waals surface area contributed by atoms with Gasteiger partial charge in [-0.15, -0.1) is 24.0 Å². The van der Waals surface area contributed by atoms with Gasteiger partial charge in [0, 0.05) is 20.1 Å². The minimum Gasteiger partial charge on any atom is -0.497 e. The topological polar surface area (TPSA) is 79.8 Å². The number of hydrogen-bond acceptors (Lipinski definition) is 4. The number of ether oxygens (including phenoxy) is 1. The third-order valence-electron chi connectivity index (χ3n) is 3.65. The summed E-state index contributed by atoms with van der Waals surface area (Å²) in [6.07, 6.45) is 0. The lowest BCUT2D eigenvalue weighted by Gasteiger charge is -2.13. The summed E-state index contributed by atoms with van der Waals surface area (Å²) >= 11 is 0. The Bertz CT molecular complexity index is 876. The van der Waals surface area contributed by atoms with Gasteiger partial charge in [0.2, 0.25) is 0 Å². The van der Waals surface area contributed by atoms with Gasteiger partial charge in [-0.2, -0.15) is 0 Å². The first-order chi connectivity index (χ1) is 12.5. The lowest BCUT2D eigenvalue weighted by molar-refractivity contribution is 0.414. The number of halogens is 2. The molecule has 2 rings (SSSR count). The van der Waals surface area contributed by atoms with Gasteiger partial charge < -0.3 is 15.4 Å². The summed E-state index contributed by atoms with van der Waals surface area (Å²) in [5.41, 5.74) is 0.992. The smallest absolute Gasteiger partial charge is 0.191 e. The third-order valence-corrected chi connectivity index (χ3v) is 5.40. The standard InChI is InChI=1S/C18H22FN3O3S.HI/c1-20-18(22-13-14-6-5-7-15(12-14)25-2)21-10-11-26(23,24)17-9-4-3-8-16(17)19;/h3-9,12H,10-11,13H2,1-2H3,(H2,20,21,22);1H. The Morgan fingerprint density at radius 2 is 1.89 bits per heavy atom. The molecule has 2 aromatic carbocycles. The summed E-state index contributed by atoms with van der Waals surface area (Å²) in [6.45, 7) is 0.603. The maximum Gasteiger partial charge on any atom is 0.191 e. The summed E-state index contributed by atoms with van der Waals surface area (Å²) in [6, 6.07) is 12.9. The van der Waals surface area contributed by atoms with E-state index in [4.69, 9.17) is 4.74 Å². The maximum atomic E-state index is 13.7. The van der Waals surface area contributed by atoms with E-state index in [1.807, 2.05) is 24.3 Å². The van der Waals surface area contributed by atoms with E-state index in [9.17, 15) is 12.8 Å². The van der Waals surface area contributed by atoms with Crippen molar-refractivity contribution in [3.63, 3.8) is 0 Å². The second kappa shape index (κ2) is 11.1. The van der Waals surface area contributed by atoms with Crippen LogP contribution in [0.15, 0.2) is 58.4 Å². The first-order valence-corrected chi connectivity index (χ1v) is 9.66. The normalized spacial score (nSPS) is 11.4. The zero-order valence-corrected chi connectivity index (χ0v) is 18.3. The molecule has 0 heterocycles. The summed E-state index contributed by atoms with van der Waals surface area (Å²) < 4.78 is 43.3. The molecule has 0 bridgehead atoms. The first-order valence-electron chi connectivity index (χ1n) is 8.01. The molecule has 0 amide bonds. The lowest BCUT2D eigenvalue weighted by atomic mass is 10.2. The maximum absolute atomic E-state index is 13.7. The second-order valence-electron chi connectivity index (χ2n) is 5.45. The van der Waals surface area contributed by atoms with E-state index < -0.39 is 15.7 Å². The zero-order valence-electron chi connectivity index (χ0n) is 15.1. The van der Waals surface area contributed by atoms with Crippen molar-refractivity contribution in [3.8, 4) is 5.75 Å². The Balaban J connectivity index is 0.00000364. The van der Waals surface area contributed by atoms with Gasteiger partial charge >= 0.3 is 0 Å². The highest BCUT2D eigenvalue weighted by molar-refractivity contribution is 14.0. The molecule has 0 unspecified atom stereocenters. The molecule has 0 radical (unpaired) electrons. The predicted octanol–water partition coefficient (Wildman–Crippen LogP) is 2.59. The fraction of sp³-hybridized carbons (Fsp3) is 0.278. The highest BCUT2D eigenvalue weighted by Gasteiger charge is 2.18. The SMILES string of the molecule is CN=C(NCCS(=O)(=O)c1ccccc1F)NCc1cccc(OC)c1.I. The van der Waals surface area contributed by atoms with Gasteiger partial charge in [-0.05, 0) is 29.8 Å². The third kappa shape index (κ3) is 6.98. The molecular weight excluding hydrogens is 484 g/mol. The molecule has 9 heteroatoms. The second-order valence-corrected chi connectivity index (χ2v) is 7.53. The van der Waals surface area contributed by atoms with Crippen molar-refractivity contribution in [1.29, 1.82) is 0 Å². The summed E-state index contributed by atoms with van der Waals surface area (Å²) in [7, 11) is -0.518. The van der Waals surface area contributed by atoms with Crippen LogP contribution in [0.25, 0.3) is 0 Å². The molecule has 0 saturated carbocycles. The Morgan fingerprint density at radius 1 is 1.15 bits per heavy atom. The van der Waals surface area contributed by atoms with Crippen LogP contribution in [0.5, 0.6) is 5.75 Å². The van der Waals surface area contributed by atoms with Crippen LogP contribution in [0.4, 0.5) is 4.39 Å². The summed E-state index contributed by atoms with van der Waals surface area (Å²) in [5, 5.41) is 6.01. The van der Waals surface area contributed by atoms with Gasteiger partial charge in [0.1, 0.15) is 16.5 Å². The van der Waals surface area contributed by atoms with E-state index in [2.05, 4.69) is 15.6 Å². The van der Waals surface area contributed by atoms with Crippen molar-refractivity contribution >= 4 is 39.8 Å². The van der Waals surface area contributed by atoms with Crippen LogP contribution in [0.3, 0.4) is 0 Å². The lowest BCUT2D eigenvalue weighted by Crippen LogP contribution is -2.39. The molecule has 27 heavy (non-hydrogen) atoms. The molecule has 0 saturated heterocycles. The van der Waals surface area contributed by atoms with E-state index in [0.29, 0.717) is 12.5 Å². The van der Waals surface area contributed by atoms with Gasteiger partial charge in [0.05, 0.1) is 12.9 Å². The number of hydrogen-bond donors (Lipinski definition) is 2. The Kier molecular flexibility index (Phi) is 9.50. The Hall–Kier alpha value is -1.88. The molecule has 2 aromatic rings. The van der Waals surface area contributed by atoms with Gasteiger partial charge in [-0.3, -0.25) is 4.99 Å². The molecule has 2 N–H and O–H groups in total. The number of nitrogens with zero attached hydrogens (tertiary/aromatic N) is 1. The van der Waals surface area contributed by atoms with Crippen LogP contribution in [0.1, 0.15) is 5.56 Å². The van der Waals surface area contributed by atoms with Crippen LogP contribution < -0.4 is 15.4 Å².